The van der Waals surface area contributed by atoms with Crippen LogP contribution >= 0.6 is 11.6 Å². The van der Waals surface area contributed by atoms with E-state index in [1.807, 2.05) is 44.2 Å². The fourth-order valence-corrected chi connectivity index (χ4v) is 4.78. The Morgan fingerprint density at radius 2 is 1.88 bits per heavy atom. The number of halogens is 1. The van der Waals surface area contributed by atoms with Crippen LogP contribution in [0.3, 0.4) is 0 Å². The van der Waals surface area contributed by atoms with E-state index in [-0.39, 0.29) is 17.9 Å². The zero-order chi connectivity index (χ0) is 23.4. The van der Waals surface area contributed by atoms with Crippen molar-refractivity contribution in [1.29, 1.82) is 0 Å². The topological polar surface area (TPSA) is 67.9 Å². The Bertz CT molecular complexity index is 976. The first-order valence-electron chi connectivity index (χ1n) is 11.7. The van der Waals surface area contributed by atoms with Gasteiger partial charge < -0.3 is 14.8 Å². The van der Waals surface area contributed by atoms with Crippen LogP contribution in [0.25, 0.3) is 0 Å². The number of nitrogens with one attached hydrogen (secondary N) is 1. The zero-order valence-corrected chi connectivity index (χ0v) is 19.9. The highest BCUT2D eigenvalue weighted by Crippen LogP contribution is 2.41. The number of benzene rings is 2. The summed E-state index contributed by atoms with van der Waals surface area (Å²) in [6.07, 6.45) is 2.81. The Kier molecular flexibility index (Phi) is 7.43. The van der Waals surface area contributed by atoms with Crippen molar-refractivity contribution >= 4 is 23.6 Å². The van der Waals surface area contributed by atoms with E-state index < -0.39 is 18.4 Å². The largest absolute Gasteiger partial charge is 0.480 e. The summed E-state index contributed by atoms with van der Waals surface area (Å²) in [4.78, 5) is 28.4. The fraction of sp³-hybridized carbons (Fsp3) is 0.462. The molecule has 2 aromatic carbocycles. The van der Waals surface area contributed by atoms with Crippen LogP contribution in [0.4, 0.5) is 4.79 Å². The average Bonchev–Trinajstić information content (AvgIpc) is 2.93. The standard InChI is InChI=1S/C26H31ClN2O4/c1-17(2)23-24(30)29(20-11-7-4-8-12-20)25(21-15-19(27)13-14-22(21)32-23)33-26(31)28-16-18-9-5-3-6-10-18/h3,5-6,9-10,13-15,17,20,23,25H,4,7-8,11-12,16H2,1-2H3,(H,28,31). The highest BCUT2D eigenvalue weighted by Gasteiger charge is 2.44. The summed E-state index contributed by atoms with van der Waals surface area (Å²) in [5, 5.41) is 3.31. The average molecular weight is 471 g/mol. The number of carbonyl (C=O) groups excluding carboxylic acids is 2. The molecule has 1 aliphatic carbocycles. The predicted molar refractivity (Wildman–Crippen MR) is 127 cm³/mol. The van der Waals surface area contributed by atoms with E-state index in [9.17, 15) is 9.59 Å². The van der Waals surface area contributed by atoms with Crippen molar-refractivity contribution in [1.82, 2.24) is 10.2 Å². The maximum Gasteiger partial charge on any atom is 0.409 e. The molecular formula is C26H31ClN2O4. The molecule has 1 saturated carbocycles. The Balaban J connectivity index is 1.67. The van der Waals surface area contributed by atoms with Gasteiger partial charge in [-0.15, -0.1) is 0 Å². The van der Waals surface area contributed by atoms with Gasteiger partial charge in [-0.2, -0.15) is 0 Å². The van der Waals surface area contributed by atoms with Crippen LogP contribution in [0.15, 0.2) is 48.5 Å². The summed E-state index contributed by atoms with van der Waals surface area (Å²) in [5.74, 6) is 0.327. The van der Waals surface area contributed by atoms with Gasteiger partial charge in [0.15, 0.2) is 6.10 Å². The molecule has 2 aliphatic rings. The summed E-state index contributed by atoms with van der Waals surface area (Å²) in [6, 6.07) is 14.8. The van der Waals surface area contributed by atoms with Crippen molar-refractivity contribution in [3.05, 3.63) is 64.7 Å². The lowest BCUT2D eigenvalue weighted by molar-refractivity contribution is -0.155. The van der Waals surface area contributed by atoms with Crippen LogP contribution in [0.1, 0.15) is 63.3 Å². The zero-order valence-electron chi connectivity index (χ0n) is 19.1. The number of carbonyl (C=O) groups is 2. The van der Waals surface area contributed by atoms with Gasteiger partial charge >= 0.3 is 6.09 Å². The molecule has 2 aromatic rings. The van der Waals surface area contributed by atoms with Gasteiger partial charge in [0, 0.05) is 17.6 Å². The van der Waals surface area contributed by atoms with Gasteiger partial charge in [-0.05, 0) is 42.5 Å². The minimum Gasteiger partial charge on any atom is -0.480 e. The van der Waals surface area contributed by atoms with Crippen molar-refractivity contribution in [2.24, 2.45) is 5.92 Å². The Labute approximate surface area is 200 Å². The van der Waals surface area contributed by atoms with Gasteiger partial charge in [0.25, 0.3) is 5.91 Å². The van der Waals surface area contributed by atoms with Crippen LogP contribution in [0, 0.1) is 5.92 Å². The van der Waals surface area contributed by atoms with E-state index in [2.05, 4.69) is 5.32 Å². The van der Waals surface area contributed by atoms with Crippen molar-refractivity contribution in [2.75, 3.05) is 0 Å². The number of fused-ring (bicyclic) bond motifs is 1. The third kappa shape index (κ3) is 5.44. The molecule has 0 spiro atoms. The SMILES string of the molecule is CC(C)C1Oc2ccc(Cl)cc2C(OC(=O)NCc2ccccc2)N(C2CCCCC2)C1=O. The maximum absolute atomic E-state index is 13.8. The van der Waals surface area contributed by atoms with Crippen LogP contribution in [-0.4, -0.2) is 29.0 Å². The number of ether oxygens (including phenoxy) is 2. The lowest BCUT2D eigenvalue weighted by Gasteiger charge is -2.39. The van der Waals surface area contributed by atoms with Gasteiger partial charge in [-0.25, -0.2) is 4.79 Å². The Morgan fingerprint density at radius 1 is 1.15 bits per heavy atom. The van der Waals surface area contributed by atoms with Crippen molar-refractivity contribution in [3.8, 4) is 5.75 Å². The van der Waals surface area contributed by atoms with Gasteiger partial charge in [0.1, 0.15) is 5.75 Å². The first-order valence-corrected chi connectivity index (χ1v) is 12.1. The van der Waals surface area contributed by atoms with E-state index in [1.54, 1.807) is 23.1 Å². The molecule has 7 heteroatoms. The van der Waals surface area contributed by atoms with Crippen molar-refractivity contribution in [3.63, 3.8) is 0 Å². The van der Waals surface area contributed by atoms with Crippen LogP contribution in [0.2, 0.25) is 5.02 Å². The van der Waals surface area contributed by atoms with E-state index in [1.165, 1.54) is 0 Å². The van der Waals surface area contributed by atoms with Crippen molar-refractivity contribution < 1.29 is 19.1 Å². The molecule has 2 amide bonds. The molecule has 1 fully saturated rings. The molecule has 0 bridgehead atoms. The molecule has 0 saturated heterocycles. The van der Waals surface area contributed by atoms with Gasteiger partial charge in [0.05, 0.1) is 5.56 Å². The van der Waals surface area contributed by atoms with Crippen molar-refractivity contribution in [2.45, 2.75) is 70.9 Å². The summed E-state index contributed by atoms with van der Waals surface area (Å²) in [7, 11) is 0. The molecule has 1 N–H and O–H groups in total. The molecule has 6 nitrogen and oxygen atoms in total. The maximum atomic E-state index is 13.8. The second kappa shape index (κ2) is 10.5. The Morgan fingerprint density at radius 3 is 2.58 bits per heavy atom. The van der Waals surface area contributed by atoms with E-state index in [4.69, 9.17) is 21.1 Å². The first kappa shape index (κ1) is 23.4. The number of hydrogen-bond donors (Lipinski definition) is 1. The summed E-state index contributed by atoms with van der Waals surface area (Å²) >= 11 is 6.33. The highest BCUT2D eigenvalue weighted by molar-refractivity contribution is 6.30. The molecule has 176 valence electrons. The van der Waals surface area contributed by atoms with Gasteiger partial charge in [-0.3, -0.25) is 9.69 Å². The number of rotatable bonds is 5. The van der Waals surface area contributed by atoms with E-state index in [0.717, 1.165) is 37.7 Å². The molecule has 1 aliphatic heterocycles. The second-order valence-corrected chi connectivity index (χ2v) is 9.54. The van der Waals surface area contributed by atoms with Crippen LogP contribution in [0.5, 0.6) is 5.75 Å². The number of hydrogen-bond acceptors (Lipinski definition) is 4. The third-order valence-electron chi connectivity index (χ3n) is 6.31. The molecule has 2 atom stereocenters. The fourth-order valence-electron chi connectivity index (χ4n) is 4.60. The Hall–Kier alpha value is -2.73. The monoisotopic (exact) mass is 470 g/mol. The molecule has 0 aromatic heterocycles. The summed E-state index contributed by atoms with van der Waals surface area (Å²) in [6.45, 7) is 4.26. The van der Waals surface area contributed by atoms with Gasteiger partial charge in [0.2, 0.25) is 6.23 Å². The third-order valence-corrected chi connectivity index (χ3v) is 6.55. The summed E-state index contributed by atoms with van der Waals surface area (Å²) in [5.41, 5.74) is 1.56. The van der Waals surface area contributed by atoms with Crippen LogP contribution < -0.4 is 10.1 Å². The number of amides is 2. The smallest absolute Gasteiger partial charge is 0.409 e. The minimum absolute atomic E-state index is 0.0204. The minimum atomic E-state index is -0.908. The highest BCUT2D eigenvalue weighted by atomic mass is 35.5. The van der Waals surface area contributed by atoms with Crippen LogP contribution in [-0.2, 0) is 16.1 Å². The van der Waals surface area contributed by atoms with E-state index in [0.29, 0.717) is 22.9 Å². The molecule has 1 heterocycles. The normalized spacial score (nSPS) is 21.2. The number of nitrogens with zero attached hydrogens (tertiary/aromatic N) is 1. The lowest BCUT2D eigenvalue weighted by atomic mass is 9.92. The molecule has 2 unspecified atom stereocenters. The molecule has 4 rings (SSSR count). The van der Waals surface area contributed by atoms with Gasteiger partial charge in [-0.1, -0.05) is 75.0 Å². The molecule has 33 heavy (non-hydrogen) atoms. The number of alkyl carbamates (subject to hydrolysis) is 1. The molecule has 0 radical (unpaired) electrons. The second-order valence-electron chi connectivity index (χ2n) is 9.10. The first-order chi connectivity index (χ1) is 15.9. The lowest BCUT2D eigenvalue weighted by Crippen LogP contribution is -2.51. The summed E-state index contributed by atoms with van der Waals surface area (Å²) < 4.78 is 12.1. The van der Waals surface area contributed by atoms with E-state index >= 15 is 0 Å². The predicted octanol–water partition coefficient (Wildman–Crippen LogP) is 5.84. The molecular weight excluding hydrogens is 440 g/mol. The quantitative estimate of drug-likeness (QED) is 0.595.